The first-order valence-electron chi connectivity index (χ1n) is 5.02. The van der Waals surface area contributed by atoms with Crippen molar-refractivity contribution in [2.45, 2.75) is 23.6 Å². The Balaban J connectivity index is 2.30. The number of aryl methyl sites for hydroxylation is 2. The fourth-order valence-electron chi connectivity index (χ4n) is 1.39. The van der Waals surface area contributed by atoms with Gasteiger partial charge >= 0.3 is 0 Å². The second-order valence-corrected chi connectivity index (χ2v) is 4.80. The molecule has 0 fully saturated rings. The second kappa shape index (κ2) is 4.66. The van der Waals surface area contributed by atoms with Crippen molar-refractivity contribution >= 4 is 11.8 Å². The molecule has 0 atom stereocenters. The fourth-order valence-corrected chi connectivity index (χ4v) is 2.41. The average molecular weight is 233 g/mol. The highest BCUT2D eigenvalue weighted by atomic mass is 32.2. The molecule has 1 aromatic carbocycles. The highest BCUT2D eigenvalue weighted by molar-refractivity contribution is 7.99. The zero-order valence-corrected chi connectivity index (χ0v) is 10.0. The Morgan fingerprint density at radius 2 is 1.94 bits per heavy atom. The third kappa shape index (κ3) is 2.61. The summed E-state index contributed by atoms with van der Waals surface area (Å²) in [5.41, 5.74) is 2.41. The van der Waals surface area contributed by atoms with Crippen molar-refractivity contribution in [3.8, 4) is 0 Å². The first-order valence-corrected chi connectivity index (χ1v) is 5.83. The van der Waals surface area contributed by atoms with E-state index < -0.39 is 5.95 Å². The Bertz CT molecular complexity index is 511. The molecule has 1 aromatic heterocycles. The Morgan fingerprint density at radius 1 is 1.12 bits per heavy atom. The molecule has 2 rings (SSSR count). The molecule has 16 heavy (non-hydrogen) atoms. The van der Waals surface area contributed by atoms with E-state index in [1.165, 1.54) is 23.4 Å². The summed E-state index contributed by atoms with van der Waals surface area (Å²) in [4.78, 5) is 5.58. The van der Waals surface area contributed by atoms with Gasteiger partial charge in [0, 0.05) is 22.1 Å². The molecule has 0 bridgehead atoms. The van der Waals surface area contributed by atoms with Crippen molar-refractivity contribution in [1.29, 1.82) is 0 Å². The van der Waals surface area contributed by atoms with Crippen LogP contribution >= 0.6 is 11.8 Å². The number of benzene rings is 1. The zero-order chi connectivity index (χ0) is 11.5. The first kappa shape index (κ1) is 11.1. The standard InChI is InChI=1S/C13H12FNS/c1-9-3-4-10(2)12(7-9)16-11-5-6-15-13(14)8-11/h3-8H,1-2H3. The molecule has 2 aromatic rings. The van der Waals surface area contributed by atoms with Gasteiger partial charge < -0.3 is 0 Å². The third-order valence-corrected chi connectivity index (χ3v) is 3.42. The van der Waals surface area contributed by atoms with Crippen molar-refractivity contribution < 1.29 is 4.39 Å². The molecule has 82 valence electrons. The maximum atomic E-state index is 12.9. The summed E-state index contributed by atoms with van der Waals surface area (Å²) in [7, 11) is 0. The lowest BCUT2D eigenvalue weighted by Crippen LogP contribution is -1.84. The predicted octanol–water partition coefficient (Wildman–Crippen LogP) is 3.99. The molecule has 0 radical (unpaired) electrons. The zero-order valence-electron chi connectivity index (χ0n) is 9.20. The maximum absolute atomic E-state index is 12.9. The molecule has 0 N–H and O–H groups in total. The minimum Gasteiger partial charge on any atom is -0.228 e. The normalized spacial score (nSPS) is 10.4. The minimum absolute atomic E-state index is 0.435. The summed E-state index contributed by atoms with van der Waals surface area (Å²) in [5, 5.41) is 0. The fraction of sp³-hybridized carbons (Fsp3) is 0.154. The van der Waals surface area contributed by atoms with E-state index in [0.29, 0.717) is 0 Å². The summed E-state index contributed by atoms with van der Waals surface area (Å²) >= 11 is 1.56. The Morgan fingerprint density at radius 3 is 2.69 bits per heavy atom. The van der Waals surface area contributed by atoms with Crippen LogP contribution in [-0.4, -0.2) is 4.98 Å². The van der Waals surface area contributed by atoms with Gasteiger partial charge in [0.25, 0.3) is 0 Å². The van der Waals surface area contributed by atoms with Crippen molar-refractivity contribution in [1.82, 2.24) is 4.98 Å². The van der Waals surface area contributed by atoms with Crippen LogP contribution in [0, 0.1) is 19.8 Å². The molecule has 1 heterocycles. The van der Waals surface area contributed by atoms with Crippen LogP contribution < -0.4 is 0 Å². The second-order valence-electron chi connectivity index (χ2n) is 3.69. The van der Waals surface area contributed by atoms with Gasteiger partial charge in [0.1, 0.15) is 0 Å². The average Bonchev–Trinajstić information content (AvgIpc) is 2.24. The van der Waals surface area contributed by atoms with E-state index in [-0.39, 0.29) is 0 Å². The molecule has 0 saturated heterocycles. The van der Waals surface area contributed by atoms with Crippen LogP contribution in [0.4, 0.5) is 4.39 Å². The number of halogens is 1. The monoisotopic (exact) mass is 233 g/mol. The number of rotatable bonds is 2. The van der Waals surface area contributed by atoms with Crippen LogP contribution in [0.15, 0.2) is 46.3 Å². The van der Waals surface area contributed by atoms with Crippen LogP contribution in [0.25, 0.3) is 0 Å². The van der Waals surface area contributed by atoms with Gasteiger partial charge in [-0.1, -0.05) is 23.9 Å². The summed E-state index contributed by atoms with van der Waals surface area (Å²) in [6, 6.07) is 9.53. The lowest BCUT2D eigenvalue weighted by atomic mass is 10.2. The van der Waals surface area contributed by atoms with E-state index >= 15 is 0 Å². The van der Waals surface area contributed by atoms with Crippen molar-refractivity contribution in [3.63, 3.8) is 0 Å². The molecule has 0 aliphatic rings. The number of hydrogen-bond acceptors (Lipinski definition) is 2. The number of pyridine rings is 1. The molecular weight excluding hydrogens is 221 g/mol. The molecule has 0 unspecified atom stereocenters. The molecule has 0 aliphatic heterocycles. The Hall–Kier alpha value is -1.35. The van der Waals surface area contributed by atoms with Gasteiger partial charge in [-0.15, -0.1) is 0 Å². The molecule has 0 aliphatic carbocycles. The summed E-state index contributed by atoms with van der Waals surface area (Å²) < 4.78 is 12.9. The van der Waals surface area contributed by atoms with Gasteiger partial charge in [0.15, 0.2) is 0 Å². The minimum atomic E-state index is -0.435. The summed E-state index contributed by atoms with van der Waals surface area (Å²) in [5.74, 6) is -0.435. The predicted molar refractivity (Wildman–Crippen MR) is 64.2 cm³/mol. The van der Waals surface area contributed by atoms with Gasteiger partial charge in [-0.05, 0) is 37.1 Å². The summed E-state index contributed by atoms with van der Waals surface area (Å²) in [6.07, 6.45) is 1.49. The van der Waals surface area contributed by atoms with Gasteiger partial charge in [0.05, 0.1) is 0 Å². The topological polar surface area (TPSA) is 12.9 Å². The molecular formula is C13H12FNS. The van der Waals surface area contributed by atoms with Crippen LogP contribution in [-0.2, 0) is 0 Å². The van der Waals surface area contributed by atoms with Gasteiger partial charge in [0.2, 0.25) is 5.95 Å². The highest BCUT2D eigenvalue weighted by Gasteiger charge is 2.02. The van der Waals surface area contributed by atoms with E-state index in [1.54, 1.807) is 11.8 Å². The first-order chi connectivity index (χ1) is 7.65. The number of hydrogen-bond donors (Lipinski definition) is 0. The molecule has 0 spiro atoms. The third-order valence-electron chi connectivity index (χ3n) is 2.27. The van der Waals surface area contributed by atoms with E-state index in [2.05, 4.69) is 37.0 Å². The molecule has 1 nitrogen and oxygen atoms in total. The Labute approximate surface area is 98.7 Å². The van der Waals surface area contributed by atoms with E-state index in [1.807, 2.05) is 6.07 Å². The molecule has 0 amide bonds. The molecule has 3 heteroatoms. The molecule has 0 saturated carbocycles. The van der Waals surface area contributed by atoms with Crippen molar-refractivity contribution in [2.24, 2.45) is 0 Å². The smallest absolute Gasteiger partial charge is 0.213 e. The Kier molecular flexibility index (Phi) is 3.25. The van der Waals surface area contributed by atoms with Gasteiger partial charge in [-0.25, -0.2) is 4.98 Å². The van der Waals surface area contributed by atoms with Crippen LogP contribution in [0.3, 0.4) is 0 Å². The largest absolute Gasteiger partial charge is 0.228 e. The lowest BCUT2D eigenvalue weighted by Gasteiger charge is -2.06. The summed E-state index contributed by atoms with van der Waals surface area (Å²) in [6.45, 7) is 4.11. The van der Waals surface area contributed by atoms with Crippen molar-refractivity contribution in [2.75, 3.05) is 0 Å². The van der Waals surface area contributed by atoms with E-state index in [0.717, 1.165) is 9.79 Å². The van der Waals surface area contributed by atoms with Crippen molar-refractivity contribution in [3.05, 3.63) is 53.6 Å². The SMILES string of the molecule is Cc1ccc(C)c(Sc2ccnc(F)c2)c1. The van der Waals surface area contributed by atoms with Gasteiger partial charge in [-0.2, -0.15) is 4.39 Å². The number of aromatic nitrogens is 1. The lowest BCUT2D eigenvalue weighted by molar-refractivity contribution is 0.579. The highest BCUT2D eigenvalue weighted by Crippen LogP contribution is 2.30. The van der Waals surface area contributed by atoms with E-state index in [4.69, 9.17) is 0 Å². The maximum Gasteiger partial charge on any atom is 0.213 e. The van der Waals surface area contributed by atoms with Crippen LogP contribution in [0.2, 0.25) is 0 Å². The quantitative estimate of drug-likeness (QED) is 0.727. The van der Waals surface area contributed by atoms with E-state index in [9.17, 15) is 4.39 Å². The van der Waals surface area contributed by atoms with Crippen LogP contribution in [0.5, 0.6) is 0 Å². The number of nitrogens with zero attached hydrogens (tertiary/aromatic N) is 1. The van der Waals surface area contributed by atoms with Gasteiger partial charge in [-0.3, -0.25) is 0 Å². The van der Waals surface area contributed by atoms with Crippen LogP contribution in [0.1, 0.15) is 11.1 Å².